The lowest BCUT2D eigenvalue weighted by molar-refractivity contribution is -0.143. The van der Waals surface area contributed by atoms with Crippen LogP contribution in [-0.4, -0.2) is 48.1 Å². The van der Waals surface area contributed by atoms with Crippen molar-refractivity contribution < 1.29 is 19.5 Å². The zero-order valence-corrected chi connectivity index (χ0v) is 11.3. The van der Waals surface area contributed by atoms with Gasteiger partial charge in [0, 0.05) is 12.7 Å². The van der Waals surface area contributed by atoms with E-state index in [1.807, 2.05) is 13.0 Å². The maximum Gasteiger partial charge on any atom is 0.323 e. The number of carboxylic acids is 1. The standard InChI is InChI=1S/C13H17N3O4/c1-9-4-3-5-10(6-9)15-13(20)14-7-11(17)16(2)8-12(18)19/h3-6H,7-8H2,1-2H3,(H,18,19)(H2,14,15,20). The summed E-state index contributed by atoms with van der Waals surface area (Å²) in [7, 11) is 1.36. The van der Waals surface area contributed by atoms with Gasteiger partial charge < -0.3 is 20.6 Å². The Labute approximate surface area is 116 Å². The number of carbonyl (C=O) groups is 3. The van der Waals surface area contributed by atoms with Gasteiger partial charge in [0.2, 0.25) is 5.91 Å². The van der Waals surface area contributed by atoms with Gasteiger partial charge in [-0.1, -0.05) is 12.1 Å². The first kappa shape index (κ1) is 15.5. The Kier molecular flexibility index (Phi) is 5.52. The van der Waals surface area contributed by atoms with E-state index in [0.717, 1.165) is 10.5 Å². The van der Waals surface area contributed by atoms with Crippen LogP contribution in [0.1, 0.15) is 5.56 Å². The molecule has 3 N–H and O–H groups in total. The van der Waals surface area contributed by atoms with Crippen LogP contribution < -0.4 is 10.6 Å². The Bertz CT molecular complexity index is 516. The number of amides is 3. The predicted molar refractivity (Wildman–Crippen MR) is 73.5 cm³/mol. The average Bonchev–Trinajstić information content (AvgIpc) is 2.35. The fourth-order valence-electron chi connectivity index (χ4n) is 1.48. The number of hydrogen-bond acceptors (Lipinski definition) is 3. The quantitative estimate of drug-likeness (QED) is 0.737. The number of urea groups is 1. The second-order valence-corrected chi connectivity index (χ2v) is 4.32. The van der Waals surface area contributed by atoms with Gasteiger partial charge >= 0.3 is 12.0 Å². The van der Waals surface area contributed by atoms with E-state index < -0.39 is 24.5 Å². The molecule has 7 heteroatoms. The predicted octanol–water partition coefficient (Wildman–Crippen LogP) is 0.660. The molecule has 3 amide bonds. The number of aliphatic carboxylic acids is 1. The fourth-order valence-corrected chi connectivity index (χ4v) is 1.48. The number of carboxylic acid groups (broad SMARTS) is 1. The Morgan fingerprint density at radius 1 is 1.30 bits per heavy atom. The van der Waals surface area contributed by atoms with Crippen LogP contribution in [0, 0.1) is 6.92 Å². The molecule has 1 aromatic carbocycles. The SMILES string of the molecule is Cc1cccc(NC(=O)NCC(=O)N(C)CC(=O)O)c1. The highest BCUT2D eigenvalue weighted by Crippen LogP contribution is 2.08. The molecule has 1 aromatic rings. The highest BCUT2D eigenvalue weighted by molar-refractivity contribution is 5.92. The summed E-state index contributed by atoms with van der Waals surface area (Å²) in [4.78, 5) is 34.5. The minimum atomic E-state index is -1.11. The van der Waals surface area contributed by atoms with Crippen LogP contribution in [0.3, 0.4) is 0 Å². The van der Waals surface area contributed by atoms with Crippen molar-refractivity contribution in [2.75, 3.05) is 25.5 Å². The van der Waals surface area contributed by atoms with E-state index in [1.165, 1.54) is 7.05 Å². The summed E-state index contributed by atoms with van der Waals surface area (Å²) in [5.41, 5.74) is 1.62. The molecule has 0 atom stereocenters. The summed E-state index contributed by atoms with van der Waals surface area (Å²) < 4.78 is 0. The van der Waals surface area contributed by atoms with Gasteiger partial charge in [-0.25, -0.2) is 4.79 Å². The molecule has 0 aliphatic heterocycles. The first-order chi connectivity index (χ1) is 9.38. The van der Waals surface area contributed by atoms with Crippen LogP contribution in [0.15, 0.2) is 24.3 Å². The lowest BCUT2D eigenvalue weighted by Crippen LogP contribution is -2.41. The molecule has 0 bridgehead atoms. The van der Waals surface area contributed by atoms with Gasteiger partial charge in [-0.05, 0) is 24.6 Å². The van der Waals surface area contributed by atoms with Crippen molar-refractivity contribution in [3.05, 3.63) is 29.8 Å². The summed E-state index contributed by atoms with van der Waals surface area (Å²) in [5.74, 6) is -1.59. The van der Waals surface area contributed by atoms with Crippen LogP contribution in [0.4, 0.5) is 10.5 Å². The molecule has 0 saturated heterocycles. The summed E-state index contributed by atoms with van der Waals surface area (Å²) >= 11 is 0. The molecule has 1 rings (SSSR count). The van der Waals surface area contributed by atoms with Crippen LogP contribution in [0.5, 0.6) is 0 Å². The lowest BCUT2D eigenvalue weighted by Gasteiger charge is -2.15. The normalized spacial score (nSPS) is 9.70. The van der Waals surface area contributed by atoms with Crippen LogP contribution in [-0.2, 0) is 9.59 Å². The minimum Gasteiger partial charge on any atom is -0.480 e. The third kappa shape index (κ3) is 5.38. The van der Waals surface area contributed by atoms with E-state index in [0.29, 0.717) is 5.69 Å². The number of nitrogens with one attached hydrogen (secondary N) is 2. The Balaban J connectivity index is 2.40. The highest BCUT2D eigenvalue weighted by atomic mass is 16.4. The third-order valence-electron chi connectivity index (χ3n) is 2.47. The first-order valence-electron chi connectivity index (χ1n) is 5.96. The second-order valence-electron chi connectivity index (χ2n) is 4.32. The van der Waals surface area contributed by atoms with Crippen LogP contribution in [0.2, 0.25) is 0 Å². The molecule has 0 radical (unpaired) electrons. The number of rotatable bonds is 5. The average molecular weight is 279 g/mol. The van der Waals surface area contributed by atoms with E-state index >= 15 is 0 Å². The number of nitrogens with zero attached hydrogens (tertiary/aromatic N) is 1. The Morgan fingerprint density at radius 3 is 2.60 bits per heavy atom. The van der Waals surface area contributed by atoms with E-state index in [2.05, 4.69) is 10.6 Å². The molecule has 0 aliphatic rings. The molecule has 20 heavy (non-hydrogen) atoms. The molecular formula is C13H17N3O4. The van der Waals surface area contributed by atoms with Crippen molar-refractivity contribution in [3.8, 4) is 0 Å². The summed E-state index contributed by atoms with van der Waals surface area (Å²) in [6.07, 6.45) is 0. The van der Waals surface area contributed by atoms with Gasteiger partial charge in [0.25, 0.3) is 0 Å². The lowest BCUT2D eigenvalue weighted by atomic mass is 10.2. The molecule has 7 nitrogen and oxygen atoms in total. The van der Waals surface area contributed by atoms with Crippen molar-refractivity contribution in [2.45, 2.75) is 6.92 Å². The molecular weight excluding hydrogens is 262 g/mol. The largest absolute Gasteiger partial charge is 0.480 e. The number of aryl methyl sites for hydroxylation is 1. The third-order valence-corrected chi connectivity index (χ3v) is 2.47. The number of hydrogen-bond donors (Lipinski definition) is 3. The van der Waals surface area contributed by atoms with Crippen LogP contribution >= 0.6 is 0 Å². The second kappa shape index (κ2) is 7.13. The van der Waals surface area contributed by atoms with Gasteiger partial charge in [-0.3, -0.25) is 9.59 Å². The van der Waals surface area contributed by atoms with Crippen molar-refractivity contribution in [1.29, 1.82) is 0 Å². The molecule has 0 unspecified atom stereocenters. The number of benzene rings is 1. The van der Waals surface area contributed by atoms with Gasteiger partial charge in [-0.2, -0.15) is 0 Å². The van der Waals surface area contributed by atoms with Gasteiger partial charge in [0.15, 0.2) is 0 Å². The van der Waals surface area contributed by atoms with Crippen molar-refractivity contribution in [3.63, 3.8) is 0 Å². The summed E-state index contributed by atoms with van der Waals surface area (Å²) in [6, 6.07) is 6.69. The highest BCUT2D eigenvalue weighted by Gasteiger charge is 2.12. The maximum atomic E-state index is 11.6. The zero-order valence-electron chi connectivity index (χ0n) is 11.3. The minimum absolute atomic E-state index is 0.262. The topological polar surface area (TPSA) is 98.7 Å². The molecule has 0 aliphatic carbocycles. The van der Waals surface area contributed by atoms with Gasteiger partial charge in [-0.15, -0.1) is 0 Å². The van der Waals surface area contributed by atoms with Gasteiger partial charge in [0.1, 0.15) is 6.54 Å². The van der Waals surface area contributed by atoms with Crippen LogP contribution in [0.25, 0.3) is 0 Å². The van der Waals surface area contributed by atoms with E-state index in [-0.39, 0.29) is 6.54 Å². The molecule has 0 spiro atoms. The first-order valence-corrected chi connectivity index (χ1v) is 5.96. The van der Waals surface area contributed by atoms with E-state index in [1.54, 1.807) is 18.2 Å². The summed E-state index contributed by atoms with van der Waals surface area (Å²) in [6.45, 7) is 1.23. The number of anilines is 1. The molecule has 0 saturated carbocycles. The number of carbonyl (C=O) groups excluding carboxylic acids is 2. The van der Waals surface area contributed by atoms with Crippen molar-refractivity contribution >= 4 is 23.6 Å². The molecule has 0 heterocycles. The van der Waals surface area contributed by atoms with Crippen molar-refractivity contribution in [1.82, 2.24) is 10.2 Å². The smallest absolute Gasteiger partial charge is 0.323 e. The monoisotopic (exact) mass is 279 g/mol. The van der Waals surface area contributed by atoms with Gasteiger partial charge in [0.05, 0.1) is 6.54 Å². The Hall–Kier alpha value is -2.57. The molecule has 0 fully saturated rings. The molecule has 108 valence electrons. The Morgan fingerprint density at radius 2 is 2.00 bits per heavy atom. The zero-order chi connectivity index (χ0) is 15.1. The van der Waals surface area contributed by atoms with E-state index in [4.69, 9.17) is 5.11 Å². The fraction of sp³-hybridized carbons (Fsp3) is 0.308. The van der Waals surface area contributed by atoms with E-state index in [9.17, 15) is 14.4 Å². The maximum absolute atomic E-state index is 11.6. The van der Waals surface area contributed by atoms with Crippen molar-refractivity contribution in [2.24, 2.45) is 0 Å². The molecule has 0 aromatic heterocycles. The number of likely N-dealkylation sites (N-methyl/N-ethyl adjacent to an activating group) is 1. The summed E-state index contributed by atoms with van der Waals surface area (Å²) in [5, 5.41) is 13.5.